The molecular weight excluding hydrogens is 342 g/mol. The Morgan fingerprint density at radius 3 is 2.88 bits per heavy atom. The first-order chi connectivity index (χ1) is 12.2. The number of amides is 1. The van der Waals surface area contributed by atoms with E-state index in [-0.39, 0.29) is 18.0 Å². The Hall–Kier alpha value is -2.22. The minimum atomic E-state index is -0.286. The van der Waals surface area contributed by atoms with Crippen LogP contribution in [-0.2, 0) is 4.79 Å². The molecule has 25 heavy (non-hydrogen) atoms. The second-order valence-electron chi connectivity index (χ2n) is 6.19. The van der Waals surface area contributed by atoms with Gasteiger partial charge in [0, 0.05) is 11.6 Å². The second kappa shape index (κ2) is 6.95. The monoisotopic (exact) mass is 361 g/mol. The van der Waals surface area contributed by atoms with Crippen LogP contribution >= 0.6 is 11.8 Å². The van der Waals surface area contributed by atoms with Crippen molar-refractivity contribution in [3.05, 3.63) is 18.2 Å². The molecule has 0 bridgehead atoms. The van der Waals surface area contributed by atoms with E-state index >= 15 is 0 Å². The average Bonchev–Trinajstić information content (AvgIpc) is 3.35. The number of thioether (sulfide) groups is 1. The lowest BCUT2D eigenvalue weighted by Crippen LogP contribution is -2.37. The Morgan fingerprint density at radius 1 is 1.24 bits per heavy atom. The summed E-state index contributed by atoms with van der Waals surface area (Å²) in [5.41, 5.74) is 0.756. The third kappa shape index (κ3) is 3.58. The SMILES string of the molecule is C[C@@H](Sc1nnc(-c2ccc3c(c2)OCO3)o1)C(=O)NC1CCCC1. The molecule has 2 aromatic rings. The molecule has 8 heteroatoms. The third-order valence-corrected chi connectivity index (χ3v) is 5.31. The van der Waals surface area contributed by atoms with Gasteiger partial charge in [-0.1, -0.05) is 24.6 Å². The van der Waals surface area contributed by atoms with E-state index in [9.17, 15) is 4.79 Å². The van der Waals surface area contributed by atoms with Gasteiger partial charge in [0.05, 0.1) is 5.25 Å². The summed E-state index contributed by atoms with van der Waals surface area (Å²) in [7, 11) is 0. The maximum atomic E-state index is 12.3. The summed E-state index contributed by atoms with van der Waals surface area (Å²) < 4.78 is 16.3. The molecule has 1 atom stereocenters. The van der Waals surface area contributed by atoms with E-state index in [1.165, 1.54) is 24.6 Å². The molecule has 0 spiro atoms. The fourth-order valence-corrected chi connectivity index (χ4v) is 3.69. The van der Waals surface area contributed by atoms with Gasteiger partial charge >= 0.3 is 0 Å². The average molecular weight is 361 g/mol. The molecule has 1 amide bonds. The van der Waals surface area contributed by atoms with E-state index in [4.69, 9.17) is 13.9 Å². The summed E-state index contributed by atoms with van der Waals surface area (Å²) in [6.45, 7) is 2.07. The van der Waals surface area contributed by atoms with Gasteiger partial charge in [0.1, 0.15) is 0 Å². The zero-order valence-electron chi connectivity index (χ0n) is 13.9. The molecule has 4 rings (SSSR count). The number of carbonyl (C=O) groups is 1. The summed E-state index contributed by atoms with van der Waals surface area (Å²) in [5, 5.41) is 11.3. The Kier molecular flexibility index (Phi) is 4.52. The lowest BCUT2D eigenvalue weighted by Gasteiger charge is -2.14. The van der Waals surface area contributed by atoms with E-state index in [0.29, 0.717) is 28.7 Å². The van der Waals surface area contributed by atoms with Gasteiger partial charge in [-0.3, -0.25) is 4.79 Å². The minimum absolute atomic E-state index is 0.0136. The van der Waals surface area contributed by atoms with Crippen molar-refractivity contribution in [2.24, 2.45) is 0 Å². The molecule has 1 aromatic heterocycles. The van der Waals surface area contributed by atoms with E-state index in [1.54, 1.807) is 6.07 Å². The molecule has 7 nitrogen and oxygen atoms in total. The molecule has 2 heterocycles. The Labute approximate surface area is 149 Å². The molecule has 0 saturated heterocycles. The van der Waals surface area contributed by atoms with Crippen LogP contribution in [0.2, 0.25) is 0 Å². The molecule has 1 fully saturated rings. The van der Waals surface area contributed by atoms with E-state index in [1.807, 2.05) is 19.1 Å². The smallest absolute Gasteiger partial charge is 0.277 e. The first-order valence-electron chi connectivity index (χ1n) is 8.39. The van der Waals surface area contributed by atoms with Crippen LogP contribution in [0.4, 0.5) is 0 Å². The fraction of sp³-hybridized carbons (Fsp3) is 0.471. The summed E-state index contributed by atoms with van der Waals surface area (Å²) in [4.78, 5) is 12.3. The van der Waals surface area contributed by atoms with E-state index < -0.39 is 0 Å². The molecule has 0 radical (unpaired) electrons. The van der Waals surface area contributed by atoms with Gasteiger partial charge in [-0.2, -0.15) is 0 Å². The third-order valence-electron chi connectivity index (χ3n) is 4.37. The highest BCUT2D eigenvalue weighted by Crippen LogP contribution is 2.36. The largest absolute Gasteiger partial charge is 0.454 e. The number of carbonyl (C=O) groups excluding carboxylic acids is 1. The Bertz CT molecular complexity index is 773. The first-order valence-corrected chi connectivity index (χ1v) is 9.27. The van der Waals surface area contributed by atoms with Crippen molar-refractivity contribution >= 4 is 17.7 Å². The van der Waals surface area contributed by atoms with Crippen molar-refractivity contribution in [2.75, 3.05) is 6.79 Å². The van der Waals surface area contributed by atoms with Gasteiger partial charge in [0.2, 0.25) is 18.6 Å². The van der Waals surface area contributed by atoms with E-state index in [0.717, 1.165) is 18.4 Å². The second-order valence-corrected chi connectivity index (χ2v) is 7.48. The molecule has 1 aromatic carbocycles. The Morgan fingerprint density at radius 2 is 2.04 bits per heavy atom. The van der Waals surface area contributed by atoms with Crippen LogP contribution in [0.25, 0.3) is 11.5 Å². The predicted octanol–water partition coefficient (Wildman–Crippen LogP) is 3.00. The summed E-state index contributed by atoms with van der Waals surface area (Å²) in [5.74, 6) is 1.77. The summed E-state index contributed by atoms with van der Waals surface area (Å²) >= 11 is 1.27. The first kappa shape index (κ1) is 16.3. The Balaban J connectivity index is 1.40. The number of nitrogens with one attached hydrogen (secondary N) is 1. The van der Waals surface area contributed by atoms with Gasteiger partial charge < -0.3 is 19.2 Å². The topological polar surface area (TPSA) is 86.5 Å². The maximum absolute atomic E-state index is 12.3. The van der Waals surface area contributed by atoms with Crippen LogP contribution in [-0.4, -0.2) is 34.2 Å². The highest BCUT2D eigenvalue weighted by atomic mass is 32.2. The lowest BCUT2D eigenvalue weighted by atomic mass is 10.2. The maximum Gasteiger partial charge on any atom is 0.277 e. The molecule has 1 saturated carbocycles. The number of fused-ring (bicyclic) bond motifs is 1. The van der Waals surface area contributed by atoms with Crippen molar-refractivity contribution in [1.29, 1.82) is 0 Å². The van der Waals surface area contributed by atoms with Crippen molar-refractivity contribution in [3.63, 3.8) is 0 Å². The van der Waals surface area contributed by atoms with Crippen molar-refractivity contribution < 1.29 is 18.7 Å². The van der Waals surface area contributed by atoms with E-state index in [2.05, 4.69) is 15.5 Å². The number of nitrogens with zero attached hydrogens (tertiary/aromatic N) is 2. The molecular formula is C17H19N3O4S. The zero-order valence-corrected chi connectivity index (χ0v) is 14.7. The van der Waals surface area contributed by atoms with Crippen LogP contribution in [0.1, 0.15) is 32.6 Å². The van der Waals surface area contributed by atoms with Crippen LogP contribution in [0.3, 0.4) is 0 Å². The van der Waals surface area contributed by atoms with Crippen LogP contribution in [0.5, 0.6) is 11.5 Å². The minimum Gasteiger partial charge on any atom is -0.454 e. The summed E-state index contributed by atoms with van der Waals surface area (Å²) in [6.07, 6.45) is 4.51. The fourth-order valence-electron chi connectivity index (χ4n) is 3.00. The lowest BCUT2D eigenvalue weighted by molar-refractivity contribution is -0.120. The number of benzene rings is 1. The number of hydrogen-bond donors (Lipinski definition) is 1. The zero-order chi connectivity index (χ0) is 17.2. The normalized spacial score (nSPS) is 17.6. The highest BCUT2D eigenvalue weighted by molar-refractivity contribution is 8.00. The number of aromatic nitrogens is 2. The van der Waals surface area contributed by atoms with Gasteiger partial charge in [0.15, 0.2) is 11.5 Å². The number of ether oxygens (including phenoxy) is 2. The summed E-state index contributed by atoms with van der Waals surface area (Å²) in [6, 6.07) is 5.76. The van der Waals surface area contributed by atoms with Crippen molar-refractivity contribution in [2.45, 2.75) is 49.1 Å². The van der Waals surface area contributed by atoms with Gasteiger partial charge in [0.25, 0.3) is 5.22 Å². The van der Waals surface area contributed by atoms with Gasteiger partial charge in [-0.25, -0.2) is 0 Å². The van der Waals surface area contributed by atoms with Crippen LogP contribution < -0.4 is 14.8 Å². The quantitative estimate of drug-likeness (QED) is 0.819. The molecule has 1 N–H and O–H groups in total. The van der Waals surface area contributed by atoms with Crippen LogP contribution in [0, 0.1) is 0 Å². The van der Waals surface area contributed by atoms with Crippen molar-refractivity contribution in [3.8, 4) is 23.0 Å². The van der Waals surface area contributed by atoms with Gasteiger partial charge in [-0.05, 0) is 38.0 Å². The van der Waals surface area contributed by atoms with Crippen molar-refractivity contribution in [1.82, 2.24) is 15.5 Å². The molecule has 1 aliphatic heterocycles. The molecule has 2 aliphatic rings. The van der Waals surface area contributed by atoms with Crippen LogP contribution in [0.15, 0.2) is 27.8 Å². The van der Waals surface area contributed by atoms with Gasteiger partial charge in [-0.15, -0.1) is 10.2 Å². The molecule has 1 aliphatic carbocycles. The predicted molar refractivity (Wildman–Crippen MR) is 91.6 cm³/mol. The number of hydrogen-bond acceptors (Lipinski definition) is 7. The molecule has 0 unspecified atom stereocenters. The number of rotatable bonds is 5. The molecule has 132 valence electrons. The standard InChI is InChI=1S/C17H19N3O4S/c1-10(15(21)18-12-4-2-3-5-12)25-17-20-19-16(24-17)11-6-7-13-14(8-11)23-9-22-13/h6-8,10,12H,2-5,9H2,1H3,(H,18,21)/t10-/m1/s1. The highest BCUT2D eigenvalue weighted by Gasteiger charge is 2.23.